The molecular weight excluding hydrogens is 392 g/mol. The van der Waals surface area contributed by atoms with Crippen molar-refractivity contribution in [3.05, 3.63) is 12.1 Å². The maximum absolute atomic E-state index is 11.8. The summed E-state index contributed by atoms with van der Waals surface area (Å²) in [6, 6.07) is 4.08. The quantitative estimate of drug-likeness (QED) is 0.656. The van der Waals surface area contributed by atoms with Crippen LogP contribution in [0.1, 0.15) is 38.1 Å². The van der Waals surface area contributed by atoms with Gasteiger partial charge in [-0.15, -0.1) is 10.2 Å². The van der Waals surface area contributed by atoms with Gasteiger partial charge in [-0.3, -0.25) is 9.36 Å². The molecule has 8 nitrogen and oxygen atoms in total. The van der Waals surface area contributed by atoms with Crippen molar-refractivity contribution < 1.29 is 19.0 Å². The van der Waals surface area contributed by atoms with E-state index in [9.17, 15) is 4.79 Å². The molecule has 0 unspecified atom stereocenters. The molecule has 1 saturated carbocycles. The van der Waals surface area contributed by atoms with Crippen LogP contribution in [0.4, 0.5) is 0 Å². The Kier molecular flexibility index (Phi) is 7.24. The zero-order valence-electron chi connectivity index (χ0n) is 17.4. The zero-order valence-corrected chi connectivity index (χ0v) is 18.2. The van der Waals surface area contributed by atoms with Gasteiger partial charge < -0.3 is 19.5 Å². The summed E-state index contributed by atoms with van der Waals surface area (Å²) in [7, 11) is 6.41. The van der Waals surface area contributed by atoms with Crippen LogP contribution in [0.25, 0.3) is 11.4 Å². The molecule has 3 rings (SSSR count). The van der Waals surface area contributed by atoms with E-state index in [1.54, 1.807) is 28.4 Å². The first-order chi connectivity index (χ1) is 14.1. The summed E-state index contributed by atoms with van der Waals surface area (Å²) >= 11 is 1.41. The number of aromatic nitrogens is 3. The lowest BCUT2D eigenvalue weighted by Gasteiger charge is -2.26. The summed E-state index contributed by atoms with van der Waals surface area (Å²) in [5.41, 5.74) is 0.837. The number of nitrogens with one attached hydrogen (secondary N) is 1. The van der Waals surface area contributed by atoms with Crippen molar-refractivity contribution in [1.29, 1.82) is 0 Å². The van der Waals surface area contributed by atoms with Gasteiger partial charge in [0, 0.05) is 18.7 Å². The number of carbonyl (C=O) groups is 1. The van der Waals surface area contributed by atoms with Crippen LogP contribution in [0.3, 0.4) is 0 Å². The second-order valence-electron chi connectivity index (χ2n) is 6.84. The van der Waals surface area contributed by atoms with Gasteiger partial charge in [-0.05, 0) is 25.0 Å². The second kappa shape index (κ2) is 9.87. The first kappa shape index (κ1) is 21.3. The van der Waals surface area contributed by atoms with Gasteiger partial charge in [0.2, 0.25) is 11.7 Å². The van der Waals surface area contributed by atoms with Crippen molar-refractivity contribution in [2.45, 2.75) is 43.3 Å². The van der Waals surface area contributed by atoms with E-state index in [0.29, 0.717) is 29.0 Å². The molecule has 0 bridgehead atoms. The maximum atomic E-state index is 11.8. The van der Waals surface area contributed by atoms with Crippen LogP contribution in [-0.4, -0.2) is 54.8 Å². The molecule has 158 valence electrons. The highest BCUT2D eigenvalue weighted by Crippen LogP contribution is 2.42. The van der Waals surface area contributed by atoms with Crippen molar-refractivity contribution in [2.75, 3.05) is 34.1 Å². The normalized spacial score (nSPS) is 14.5. The van der Waals surface area contributed by atoms with Gasteiger partial charge in [-0.25, -0.2) is 0 Å². The summed E-state index contributed by atoms with van der Waals surface area (Å²) in [6.07, 6.45) is 5.75. The molecule has 0 spiro atoms. The predicted octanol–water partition coefficient (Wildman–Crippen LogP) is 3.31. The Hall–Kier alpha value is -2.42. The van der Waals surface area contributed by atoms with E-state index in [-0.39, 0.29) is 5.91 Å². The molecule has 29 heavy (non-hydrogen) atoms. The van der Waals surface area contributed by atoms with E-state index in [1.807, 2.05) is 12.1 Å². The minimum atomic E-state index is -0.0393. The highest BCUT2D eigenvalue weighted by atomic mass is 32.2. The fourth-order valence-corrected chi connectivity index (χ4v) is 4.53. The summed E-state index contributed by atoms with van der Waals surface area (Å²) in [6.45, 7) is 0. The van der Waals surface area contributed by atoms with Crippen molar-refractivity contribution in [3.63, 3.8) is 0 Å². The highest BCUT2D eigenvalue weighted by Gasteiger charge is 2.26. The molecule has 1 aliphatic rings. The average Bonchev–Trinajstić information content (AvgIpc) is 3.20. The molecule has 0 aliphatic heterocycles. The van der Waals surface area contributed by atoms with Crippen LogP contribution < -0.4 is 19.5 Å². The maximum Gasteiger partial charge on any atom is 0.230 e. The third-order valence-corrected chi connectivity index (χ3v) is 6.08. The molecule has 1 fully saturated rings. The largest absolute Gasteiger partial charge is 0.493 e. The highest BCUT2D eigenvalue weighted by molar-refractivity contribution is 7.99. The first-order valence-electron chi connectivity index (χ1n) is 9.71. The lowest BCUT2D eigenvalue weighted by Crippen LogP contribution is -2.21. The number of amides is 1. The molecule has 1 amide bonds. The molecule has 2 aromatic rings. The van der Waals surface area contributed by atoms with Crippen molar-refractivity contribution >= 4 is 17.7 Å². The van der Waals surface area contributed by atoms with Gasteiger partial charge in [-0.1, -0.05) is 31.0 Å². The molecule has 1 heterocycles. The summed E-state index contributed by atoms with van der Waals surface area (Å²) in [5.74, 6) is 2.69. The third kappa shape index (κ3) is 4.60. The van der Waals surface area contributed by atoms with Crippen molar-refractivity contribution in [1.82, 2.24) is 20.1 Å². The summed E-state index contributed by atoms with van der Waals surface area (Å²) < 4.78 is 18.6. The third-order valence-electron chi connectivity index (χ3n) is 5.14. The molecule has 1 N–H and O–H groups in total. The fourth-order valence-electron chi connectivity index (χ4n) is 3.65. The molecule has 9 heteroatoms. The SMILES string of the molecule is CNC(=O)CSc1nnc(-c2cc(OC)c(OC)c(OC)c2)n1C1CCCCC1. The Morgan fingerprint density at radius 2 is 1.76 bits per heavy atom. The second-order valence-corrected chi connectivity index (χ2v) is 7.79. The molecule has 0 radical (unpaired) electrons. The summed E-state index contributed by atoms with van der Waals surface area (Å²) in [5, 5.41) is 12.3. The number of thioether (sulfide) groups is 1. The number of hydrogen-bond donors (Lipinski definition) is 1. The lowest BCUT2D eigenvalue weighted by molar-refractivity contribution is -0.118. The zero-order chi connectivity index (χ0) is 20.8. The van der Waals surface area contributed by atoms with Crippen molar-refractivity contribution in [3.8, 4) is 28.6 Å². The Labute approximate surface area is 175 Å². The van der Waals surface area contributed by atoms with Crippen LogP contribution in [0.5, 0.6) is 17.2 Å². The van der Waals surface area contributed by atoms with E-state index in [0.717, 1.165) is 29.4 Å². The number of methoxy groups -OCH3 is 3. The number of rotatable bonds is 8. The number of nitrogens with zero attached hydrogens (tertiary/aromatic N) is 3. The number of carbonyl (C=O) groups excluding carboxylic acids is 1. The molecular formula is C20H28N4O4S. The first-order valence-corrected chi connectivity index (χ1v) is 10.7. The van der Waals surface area contributed by atoms with E-state index in [1.165, 1.54) is 31.0 Å². The minimum Gasteiger partial charge on any atom is -0.493 e. The molecule has 0 saturated heterocycles. The Morgan fingerprint density at radius 3 is 2.31 bits per heavy atom. The Bertz CT molecular complexity index is 824. The number of hydrogen-bond acceptors (Lipinski definition) is 7. The van der Waals surface area contributed by atoms with Crippen LogP contribution in [0.2, 0.25) is 0 Å². The van der Waals surface area contributed by atoms with Gasteiger partial charge in [-0.2, -0.15) is 0 Å². The van der Waals surface area contributed by atoms with E-state index in [4.69, 9.17) is 14.2 Å². The van der Waals surface area contributed by atoms with Gasteiger partial charge in [0.25, 0.3) is 0 Å². The van der Waals surface area contributed by atoms with Crippen LogP contribution >= 0.6 is 11.8 Å². The monoisotopic (exact) mass is 420 g/mol. The predicted molar refractivity (Wildman–Crippen MR) is 112 cm³/mol. The fraction of sp³-hybridized carbons (Fsp3) is 0.550. The van der Waals surface area contributed by atoms with Gasteiger partial charge >= 0.3 is 0 Å². The Morgan fingerprint density at radius 1 is 1.10 bits per heavy atom. The Balaban J connectivity index is 2.06. The van der Waals surface area contributed by atoms with Crippen LogP contribution in [0, 0.1) is 0 Å². The van der Waals surface area contributed by atoms with Gasteiger partial charge in [0.1, 0.15) is 0 Å². The van der Waals surface area contributed by atoms with Crippen LogP contribution in [-0.2, 0) is 4.79 Å². The van der Waals surface area contributed by atoms with Gasteiger partial charge in [0.15, 0.2) is 22.5 Å². The van der Waals surface area contributed by atoms with E-state index in [2.05, 4.69) is 20.1 Å². The average molecular weight is 421 g/mol. The topological polar surface area (TPSA) is 87.5 Å². The molecule has 1 aliphatic carbocycles. The smallest absolute Gasteiger partial charge is 0.230 e. The number of ether oxygens (including phenoxy) is 3. The molecule has 1 aromatic carbocycles. The van der Waals surface area contributed by atoms with E-state index >= 15 is 0 Å². The lowest BCUT2D eigenvalue weighted by atomic mass is 9.95. The van der Waals surface area contributed by atoms with Crippen molar-refractivity contribution in [2.24, 2.45) is 0 Å². The minimum absolute atomic E-state index is 0.0393. The standard InChI is InChI=1S/C20H28N4O4S/c1-21-17(25)12-29-20-23-22-19(24(20)14-8-6-5-7-9-14)13-10-15(26-2)18(28-4)16(11-13)27-3/h10-11,14H,5-9,12H2,1-4H3,(H,21,25). The van der Waals surface area contributed by atoms with Crippen LogP contribution in [0.15, 0.2) is 17.3 Å². The number of benzene rings is 1. The molecule has 1 aromatic heterocycles. The van der Waals surface area contributed by atoms with Gasteiger partial charge in [0.05, 0.1) is 27.1 Å². The van der Waals surface area contributed by atoms with E-state index < -0.39 is 0 Å². The molecule has 0 atom stereocenters. The summed E-state index contributed by atoms with van der Waals surface area (Å²) in [4.78, 5) is 11.8.